The lowest BCUT2D eigenvalue weighted by Gasteiger charge is -2.49. The first-order valence-electron chi connectivity index (χ1n) is 12.6. The molecule has 0 saturated heterocycles. The summed E-state index contributed by atoms with van der Waals surface area (Å²) in [6.07, 6.45) is 5.95. The topological polar surface area (TPSA) is 92.2 Å². The number of rotatable bonds is 5. The lowest BCUT2D eigenvalue weighted by molar-refractivity contribution is -0.127. The summed E-state index contributed by atoms with van der Waals surface area (Å²) in [4.78, 5) is 25.9. The summed E-state index contributed by atoms with van der Waals surface area (Å²) in [6.45, 7) is 3.89. The Morgan fingerprint density at radius 3 is 2.83 bits per heavy atom. The minimum atomic E-state index is -0.502. The van der Waals surface area contributed by atoms with Crippen molar-refractivity contribution in [3.8, 4) is 0 Å². The van der Waals surface area contributed by atoms with E-state index in [1.54, 1.807) is 24.3 Å². The van der Waals surface area contributed by atoms with Crippen molar-refractivity contribution in [3.05, 3.63) is 64.8 Å². The maximum atomic E-state index is 13.8. The number of nitrogens with zero attached hydrogens (tertiary/aromatic N) is 2. The molecule has 3 aliphatic rings. The summed E-state index contributed by atoms with van der Waals surface area (Å²) < 4.78 is 13.8. The van der Waals surface area contributed by atoms with Gasteiger partial charge in [0.05, 0.1) is 12.0 Å². The Bertz CT molecular complexity index is 1180. The number of benzene rings is 1. The lowest BCUT2D eigenvalue weighted by atomic mass is 9.54. The van der Waals surface area contributed by atoms with Gasteiger partial charge in [0, 0.05) is 17.4 Å². The number of anilines is 1. The molecule has 0 aliphatic heterocycles. The number of aliphatic hydroxyl groups excluding tert-OH is 1. The monoisotopic (exact) mass is 477 g/mol. The van der Waals surface area contributed by atoms with Gasteiger partial charge < -0.3 is 10.4 Å². The largest absolute Gasteiger partial charge is 0.515 e. The van der Waals surface area contributed by atoms with E-state index < -0.39 is 5.41 Å². The third-order valence-electron chi connectivity index (χ3n) is 8.68. The van der Waals surface area contributed by atoms with Crippen LogP contribution in [0.2, 0.25) is 0 Å². The van der Waals surface area contributed by atoms with E-state index in [0.29, 0.717) is 42.5 Å². The minimum absolute atomic E-state index is 0.0535. The Hall–Kier alpha value is -3.09. The molecule has 184 valence electrons. The number of halogens is 1. The second kappa shape index (κ2) is 9.17. The van der Waals surface area contributed by atoms with E-state index in [1.807, 2.05) is 13.0 Å². The van der Waals surface area contributed by atoms with Crippen LogP contribution in [0.3, 0.4) is 0 Å². The number of carbonyl (C=O) groups is 2. The molecule has 1 aromatic heterocycles. The van der Waals surface area contributed by atoms with Crippen LogP contribution in [-0.4, -0.2) is 27.0 Å². The van der Waals surface area contributed by atoms with Gasteiger partial charge in [-0.2, -0.15) is 5.10 Å². The van der Waals surface area contributed by atoms with Gasteiger partial charge in [-0.3, -0.25) is 9.59 Å². The third kappa shape index (κ3) is 4.15. The van der Waals surface area contributed by atoms with E-state index in [-0.39, 0.29) is 29.3 Å². The summed E-state index contributed by atoms with van der Waals surface area (Å²) in [6, 6.07) is 8.65. The Labute approximate surface area is 205 Å². The Morgan fingerprint density at radius 1 is 1.26 bits per heavy atom. The van der Waals surface area contributed by atoms with Crippen LogP contribution in [0.1, 0.15) is 68.2 Å². The summed E-state index contributed by atoms with van der Waals surface area (Å²) >= 11 is 0. The van der Waals surface area contributed by atoms with Crippen molar-refractivity contribution in [2.45, 2.75) is 64.7 Å². The molecule has 1 aromatic carbocycles. The molecule has 5 rings (SSSR count). The second-order valence-corrected chi connectivity index (χ2v) is 10.7. The number of aliphatic hydroxyl groups is 1. The molecule has 0 bridgehead atoms. The Balaban J connectivity index is 1.33. The van der Waals surface area contributed by atoms with Crippen molar-refractivity contribution in [3.63, 3.8) is 0 Å². The number of carbonyl (C=O) groups excluding carboxylic acids is 2. The van der Waals surface area contributed by atoms with Crippen LogP contribution in [0.5, 0.6) is 0 Å². The number of ketones is 1. The summed E-state index contributed by atoms with van der Waals surface area (Å²) in [5.41, 5.74) is 3.09. The second-order valence-electron chi connectivity index (χ2n) is 10.7. The van der Waals surface area contributed by atoms with Crippen molar-refractivity contribution >= 4 is 17.5 Å². The van der Waals surface area contributed by atoms with Gasteiger partial charge in [0.2, 0.25) is 5.91 Å². The Morgan fingerprint density at radius 2 is 2.09 bits per heavy atom. The number of allylic oxidation sites excluding steroid dienone is 1. The first-order chi connectivity index (χ1) is 16.8. The normalized spacial score (nSPS) is 30.5. The fraction of sp³-hybridized carbons (Fsp3) is 0.500. The molecule has 7 heteroatoms. The van der Waals surface area contributed by atoms with Crippen LogP contribution in [0.15, 0.2) is 42.2 Å². The van der Waals surface area contributed by atoms with Crippen LogP contribution in [0, 0.1) is 35.9 Å². The van der Waals surface area contributed by atoms with Crippen LogP contribution in [-0.2, 0) is 16.0 Å². The number of hydrogen-bond acceptors (Lipinski definition) is 5. The van der Waals surface area contributed by atoms with E-state index in [2.05, 4.69) is 22.4 Å². The third-order valence-corrected chi connectivity index (χ3v) is 8.68. The number of fused-ring (bicyclic) bond motifs is 5. The van der Waals surface area contributed by atoms with E-state index in [1.165, 1.54) is 5.56 Å². The van der Waals surface area contributed by atoms with E-state index in [9.17, 15) is 19.1 Å². The average Bonchev–Trinajstić information content (AvgIpc) is 3.06. The van der Waals surface area contributed by atoms with Gasteiger partial charge in [0.25, 0.3) is 0 Å². The molecule has 2 N–H and O–H groups in total. The highest BCUT2D eigenvalue weighted by atomic mass is 19.1. The molecule has 1 heterocycles. The van der Waals surface area contributed by atoms with Gasteiger partial charge in [-0.1, -0.05) is 13.0 Å². The van der Waals surface area contributed by atoms with Crippen molar-refractivity contribution in [1.82, 2.24) is 10.2 Å². The molecular weight excluding hydrogens is 445 g/mol. The molecular formula is C28H32FN3O3. The molecule has 35 heavy (non-hydrogen) atoms. The highest BCUT2D eigenvalue weighted by Gasteiger charge is 2.60. The zero-order valence-corrected chi connectivity index (χ0v) is 20.3. The molecule has 3 aliphatic carbocycles. The van der Waals surface area contributed by atoms with E-state index in [4.69, 9.17) is 0 Å². The number of hydrogen-bond donors (Lipinski definition) is 2. The molecule has 2 fully saturated rings. The maximum Gasteiger partial charge on any atom is 0.225 e. The summed E-state index contributed by atoms with van der Waals surface area (Å²) in [7, 11) is 0. The highest BCUT2D eigenvalue weighted by Crippen LogP contribution is 2.63. The molecule has 5 atom stereocenters. The van der Waals surface area contributed by atoms with E-state index >= 15 is 0 Å². The zero-order chi connectivity index (χ0) is 24.7. The van der Waals surface area contributed by atoms with Gasteiger partial charge >= 0.3 is 0 Å². The molecule has 2 aromatic rings. The summed E-state index contributed by atoms with van der Waals surface area (Å²) in [5.74, 6) is 0.766. The van der Waals surface area contributed by atoms with Gasteiger partial charge in [-0.15, -0.1) is 5.10 Å². The Kier molecular flexibility index (Phi) is 6.20. The van der Waals surface area contributed by atoms with Crippen molar-refractivity contribution in [1.29, 1.82) is 0 Å². The van der Waals surface area contributed by atoms with Crippen molar-refractivity contribution in [2.24, 2.45) is 23.2 Å². The standard InChI is InChI=1S/C28H32FN3O3/c1-16-6-11-24(32-31-16)30-25(34)5-3-4-21-23(15-33)27(35)28(2)13-12-20-19-10-8-18(29)14-17(19)7-9-22(20)26(21)28/h6,8,10-11,14-15,20-22,26,33H,3-5,7,9,12-13H2,1-2H3,(H,30,32,34)/b23-15-/t20?,21-,22?,26?,28+/m1/s1. The highest BCUT2D eigenvalue weighted by molar-refractivity contribution is 6.03. The molecule has 0 spiro atoms. The number of aromatic nitrogens is 2. The first kappa shape index (κ1) is 23.6. The van der Waals surface area contributed by atoms with Gasteiger partial charge in [0.1, 0.15) is 5.82 Å². The van der Waals surface area contributed by atoms with Gasteiger partial charge in [-0.05, 0) is 105 Å². The number of amides is 1. The average molecular weight is 478 g/mol. The minimum Gasteiger partial charge on any atom is -0.515 e. The number of Topliss-reactive ketones (excluding diaryl/α,β-unsaturated/α-hetero) is 1. The number of nitrogens with one attached hydrogen (secondary N) is 1. The first-order valence-corrected chi connectivity index (χ1v) is 12.6. The van der Waals surface area contributed by atoms with Crippen LogP contribution >= 0.6 is 0 Å². The fourth-order valence-corrected chi connectivity index (χ4v) is 7.14. The van der Waals surface area contributed by atoms with Crippen LogP contribution in [0.25, 0.3) is 0 Å². The zero-order valence-electron chi connectivity index (χ0n) is 20.3. The molecule has 6 nitrogen and oxygen atoms in total. The van der Waals surface area contributed by atoms with Crippen molar-refractivity contribution in [2.75, 3.05) is 5.32 Å². The molecule has 3 unspecified atom stereocenters. The van der Waals surface area contributed by atoms with E-state index in [0.717, 1.165) is 43.2 Å². The molecule has 1 amide bonds. The smallest absolute Gasteiger partial charge is 0.225 e. The molecule has 0 radical (unpaired) electrons. The fourth-order valence-electron chi connectivity index (χ4n) is 7.14. The predicted octanol–water partition coefficient (Wildman–Crippen LogP) is 5.44. The van der Waals surface area contributed by atoms with Crippen LogP contribution < -0.4 is 5.32 Å². The summed E-state index contributed by atoms with van der Waals surface area (Å²) in [5, 5.41) is 20.8. The quantitative estimate of drug-likeness (QED) is 0.442. The lowest BCUT2D eigenvalue weighted by Crippen LogP contribution is -2.44. The maximum absolute atomic E-state index is 13.8. The van der Waals surface area contributed by atoms with Gasteiger partial charge in [0.15, 0.2) is 11.6 Å². The van der Waals surface area contributed by atoms with Crippen molar-refractivity contribution < 1.29 is 19.1 Å². The number of aryl methyl sites for hydroxylation is 2. The van der Waals surface area contributed by atoms with Crippen LogP contribution in [0.4, 0.5) is 10.2 Å². The SMILES string of the molecule is Cc1ccc(NC(=O)CCC[C@@H]2/C(=C/O)C(=O)[C@@]3(C)CCC4c5ccc(F)cc5CCC4C23)nn1. The predicted molar refractivity (Wildman–Crippen MR) is 130 cm³/mol. The molecule has 2 saturated carbocycles. The van der Waals surface area contributed by atoms with Gasteiger partial charge in [-0.25, -0.2) is 4.39 Å².